The maximum atomic E-state index is 11.2. The molecule has 0 unspecified atom stereocenters. The number of hydrogen-bond donors (Lipinski definition) is 0. The van der Waals surface area contributed by atoms with E-state index in [4.69, 9.17) is 9.47 Å². The Morgan fingerprint density at radius 1 is 1.57 bits per heavy atom. The summed E-state index contributed by atoms with van der Waals surface area (Å²) in [7, 11) is 0. The van der Waals surface area contributed by atoms with Crippen LogP contribution >= 0.6 is 0 Å². The molecule has 1 fully saturated rings. The van der Waals surface area contributed by atoms with Gasteiger partial charge in [0.2, 0.25) is 0 Å². The van der Waals surface area contributed by atoms with Gasteiger partial charge < -0.3 is 9.47 Å². The second kappa shape index (κ2) is 3.98. The number of esters is 2. The molecule has 0 saturated carbocycles. The van der Waals surface area contributed by atoms with Gasteiger partial charge in [-0.2, -0.15) is 0 Å². The molecule has 1 heterocycles. The van der Waals surface area contributed by atoms with Crippen LogP contribution in [0.1, 0.15) is 40.0 Å². The van der Waals surface area contributed by atoms with E-state index in [0.717, 1.165) is 0 Å². The largest absolute Gasteiger partial charge is 0.458 e. The Morgan fingerprint density at radius 2 is 2.21 bits per heavy atom. The first-order valence-electron chi connectivity index (χ1n) is 4.81. The molecule has 1 saturated heterocycles. The fraction of sp³-hybridized carbons (Fsp3) is 0.800. The molecule has 0 bridgehead atoms. The maximum Gasteiger partial charge on any atom is 0.306 e. The molecular formula is C10H16O4. The number of hydrogen-bond acceptors (Lipinski definition) is 4. The van der Waals surface area contributed by atoms with Gasteiger partial charge >= 0.3 is 11.9 Å². The summed E-state index contributed by atoms with van der Waals surface area (Å²) in [5.41, 5.74) is -0.709. The first kappa shape index (κ1) is 11.0. The molecule has 0 N–H and O–H groups in total. The van der Waals surface area contributed by atoms with E-state index in [1.807, 2.05) is 0 Å². The van der Waals surface area contributed by atoms with Crippen molar-refractivity contribution in [3.05, 3.63) is 0 Å². The van der Waals surface area contributed by atoms with Gasteiger partial charge in [-0.15, -0.1) is 0 Å². The topological polar surface area (TPSA) is 52.6 Å². The van der Waals surface area contributed by atoms with Gasteiger partial charge in [-0.3, -0.25) is 9.59 Å². The Labute approximate surface area is 83.6 Å². The van der Waals surface area contributed by atoms with E-state index in [1.54, 1.807) is 13.8 Å². The third kappa shape index (κ3) is 2.72. The average Bonchev–Trinajstić information content (AvgIpc) is 2.10. The summed E-state index contributed by atoms with van der Waals surface area (Å²) in [5, 5.41) is 0. The lowest BCUT2D eigenvalue weighted by atomic mass is 9.98. The third-order valence-electron chi connectivity index (χ3n) is 2.31. The van der Waals surface area contributed by atoms with Crippen LogP contribution in [0.25, 0.3) is 0 Å². The Balaban J connectivity index is 2.71. The molecule has 4 heteroatoms. The molecule has 0 aromatic heterocycles. The summed E-state index contributed by atoms with van der Waals surface area (Å²) in [6, 6.07) is 0. The van der Waals surface area contributed by atoms with Crippen molar-refractivity contribution in [2.45, 2.75) is 51.7 Å². The average molecular weight is 200 g/mol. The van der Waals surface area contributed by atoms with E-state index in [0.29, 0.717) is 19.3 Å². The fourth-order valence-electron chi connectivity index (χ4n) is 1.59. The van der Waals surface area contributed by atoms with Crippen LogP contribution in [-0.4, -0.2) is 23.6 Å². The zero-order valence-corrected chi connectivity index (χ0v) is 8.83. The van der Waals surface area contributed by atoms with Crippen molar-refractivity contribution in [1.29, 1.82) is 0 Å². The maximum absolute atomic E-state index is 11.2. The summed E-state index contributed by atoms with van der Waals surface area (Å²) in [5.74, 6) is -0.550. The van der Waals surface area contributed by atoms with Gasteiger partial charge in [-0.25, -0.2) is 0 Å². The van der Waals surface area contributed by atoms with E-state index < -0.39 is 5.60 Å². The van der Waals surface area contributed by atoms with Crippen molar-refractivity contribution in [3.8, 4) is 0 Å². The van der Waals surface area contributed by atoms with Crippen LogP contribution in [0.15, 0.2) is 0 Å². The van der Waals surface area contributed by atoms with Crippen molar-refractivity contribution in [2.24, 2.45) is 0 Å². The van der Waals surface area contributed by atoms with Crippen molar-refractivity contribution < 1.29 is 19.1 Å². The smallest absolute Gasteiger partial charge is 0.306 e. The Bertz CT molecular complexity index is 245. The van der Waals surface area contributed by atoms with Crippen molar-refractivity contribution in [1.82, 2.24) is 0 Å². The second-order valence-corrected chi connectivity index (χ2v) is 4.07. The highest BCUT2D eigenvalue weighted by molar-refractivity contribution is 5.70. The van der Waals surface area contributed by atoms with Crippen LogP contribution in [-0.2, 0) is 19.1 Å². The zero-order chi connectivity index (χ0) is 10.8. The van der Waals surface area contributed by atoms with Gasteiger partial charge in [-0.1, -0.05) is 0 Å². The molecule has 1 rings (SSSR count). The highest BCUT2D eigenvalue weighted by atomic mass is 16.6. The van der Waals surface area contributed by atoms with E-state index in [1.165, 1.54) is 6.92 Å². The summed E-state index contributed by atoms with van der Waals surface area (Å²) in [6.45, 7) is 4.90. The molecule has 80 valence electrons. The molecule has 1 aliphatic rings. The molecule has 1 aliphatic heterocycles. The normalized spacial score (nSPS) is 26.2. The molecule has 0 aromatic rings. The minimum absolute atomic E-state index is 0.218. The highest BCUT2D eigenvalue weighted by Crippen LogP contribution is 2.27. The van der Waals surface area contributed by atoms with Crippen LogP contribution in [0.3, 0.4) is 0 Å². The van der Waals surface area contributed by atoms with E-state index in [2.05, 4.69) is 0 Å². The minimum Gasteiger partial charge on any atom is -0.458 e. The van der Waals surface area contributed by atoms with Gasteiger partial charge in [0.15, 0.2) is 0 Å². The Hall–Kier alpha value is -1.06. The van der Waals surface area contributed by atoms with Gasteiger partial charge in [0.25, 0.3) is 0 Å². The SMILES string of the molecule is CC(=O)O[C@H]1CCCC(=O)OC1(C)C. The zero-order valence-electron chi connectivity index (χ0n) is 8.83. The second-order valence-electron chi connectivity index (χ2n) is 4.07. The standard InChI is InChI=1S/C10H16O4/c1-7(11)13-8-5-4-6-9(12)14-10(8,2)3/h8H,4-6H2,1-3H3/t8-/m0/s1. The molecule has 1 atom stereocenters. The molecule has 0 radical (unpaired) electrons. The van der Waals surface area contributed by atoms with Crippen molar-refractivity contribution >= 4 is 11.9 Å². The summed E-state index contributed by atoms with van der Waals surface area (Å²) >= 11 is 0. The molecule has 0 aliphatic carbocycles. The molecule has 0 aromatic carbocycles. The number of rotatable bonds is 1. The van der Waals surface area contributed by atoms with Crippen LogP contribution in [0.5, 0.6) is 0 Å². The molecule has 0 spiro atoms. The first-order valence-corrected chi connectivity index (χ1v) is 4.81. The lowest BCUT2D eigenvalue weighted by Gasteiger charge is -2.30. The molecule has 14 heavy (non-hydrogen) atoms. The molecular weight excluding hydrogens is 184 g/mol. The van der Waals surface area contributed by atoms with Crippen LogP contribution in [0, 0.1) is 0 Å². The highest BCUT2D eigenvalue weighted by Gasteiger charge is 2.37. The number of carbonyl (C=O) groups excluding carboxylic acids is 2. The summed E-state index contributed by atoms with van der Waals surface area (Å²) < 4.78 is 10.3. The third-order valence-corrected chi connectivity index (χ3v) is 2.31. The van der Waals surface area contributed by atoms with Gasteiger partial charge in [0, 0.05) is 13.3 Å². The van der Waals surface area contributed by atoms with Gasteiger partial charge in [-0.05, 0) is 26.7 Å². The summed E-state index contributed by atoms with van der Waals surface area (Å²) in [6.07, 6.45) is 1.46. The number of cyclic esters (lactones) is 1. The quantitative estimate of drug-likeness (QED) is 0.601. The number of ether oxygens (including phenoxy) is 2. The first-order chi connectivity index (χ1) is 6.42. The lowest BCUT2D eigenvalue weighted by Crippen LogP contribution is -2.41. The van der Waals surface area contributed by atoms with Gasteiger partial charge in [0.05, 0.1) is 0 Å². The van der Waals surface area contributed by atoms with E-state index in [9.17, 15) is 9.59 Å². The van der Waals surface area contributed by atoms with Crippen molar-refractivity contribution in [3.63, 3.8) is 0 Å². The van der Waals surface area contributed by atoms with Crippen LogP contribution in [0.2, 0.25) is 0 Å². The predicted octanol–water partition coefficient (Wildman–Crippen LogP) is 1.42. The van der Waals surface area contributed by atoms with Crippen LogP contribution in [0.4, 0.5) is 0 Å². The fourth-order valence-corrected chi connectivity index (χ4v) is 1.59. The molecule has 0 amide bonds. The summed E-state index contributed by atoms with van der Waals surface area (Å²) in [4.78, 5) is 22.0. The van der Waals surface area contributed by atoms with E-state index >= 15 is 0 Å². The Morgan fingerprint density at radius 3 is 2.79 bits per heavy atom. The monoisotopic (exact) mass is 200 g/mol. The predicted molar refractivity (Wildman–Crippen MR) is 49.6 cm³/mol. The van der Waals surface area contributed by atoms with Crippen molar-refractivity contribution in [2.75, 3.05) is 0 Å². The van der Waals surface area contributed by atoms with Gasteiger partial charge in [0.1, 0.15) is 11.7 Å². The Kier molecular flexibility index (Phi) is 3.13. The molecule has 4 nitrogen and oxygen atoms in total. The number of carbonyl (C=O) groups is 2. The van der Waals surface area contributed by atoms with E-state index in [-0.39, 0.29) is 18.0 Å². The van der Waals surface area contributed by atoms with Crippen LogP contribution < -0.4 is 0 Å². The lowest BCUT2D eigenvalue weighted by molar-refractivity contribution is -0.176. The minimum atomic E-state index is -0.709.